The number of carbonyl (C=O) groups is 3. The molecule has 4 heterocycles. The highest BCUT2D eigenvalue weighted by molar-refractivity contribution is 6.31. The summed E-state index contributed by atoms with van der Waals surface area (Å²) in [6.07, 6.45) is 3.05. The Morgan fingerprint density at radius 3 is 2.40 bits per heavy atom. The quantitative estimate of drug-likeness (QED) is 0.105. The topological polar surface area (TPSA) is 127 Å². The molecule has 1 saturated carbocycles. The molecule has 2 spiro atoms. The van der Waals surface area contributed by atoms with Crippen molar-refractivity contribution in [2.45, 2.75) is 101 Å². The Balaban J connectivity index is 0.889. The van der Waals surface area contributed by atoms with E-state index in [1.807, 2.05) is 65.7 Å². The number of anilines is 1. The molecule has 3 fully saturated rings. The molecule has 0 N–H and O–H groups in total. The molecule has 0 unspecified atom stereocenters. The number of methoxy groups -OCH3 is 2. The maximum atomic E-state index is 14.6. The molecule has 2 aromatic heterocycles. The van der Waals surface area contributed by atoms with Crippen LogP contribution in [0.2, 0.25) is 5.02 Å². The lowest BCUT2D eigenvalue weighted by Crippen LogP contribution is -2.72. The Kier molecular flexibility index (Phi) is 13.4. The number of aromatic nitrogens is 3. The molecule has 0 radical (unpaired) electrons. The van der Waals surface area contributed by atoms with Crippen LogP contribution in [0.3, 0.4) is 0 Å². The molecule has 5 aliphatic rings. The second kappa shape index (κ2) is 19.4. The van der Waals surface area contributed by atoms with Crippen LogP contribution >= 0.6 is 11.6 Å². The normalized spacial score (nSPS) is 23.6. The SMILES string of the molecule is COC(=O)C1(N(C(=O)C(F)(F)F)c2cccc(Cl)c2)CCC2(CC1)c1cc(C(=O)N3CC4(CN(Cc5ccnc(-c6ccccc6OC)n5)C4)C3)ccc1C[C@@H]2C[C@@H](C)COc1ccnc2c1[C@H](C)CCC2. The summed E-state index contributed by atoms with van der Waals surface area (Å²) in [6, 6.07) is 23.1. The zero-order valence-corrected chi connectivity index (χ0v) is 41.9. The molecule has 12 nitrogen and oxygen atoms in total. The number of aryl methyl sites for hydroxylation is 1. The summed E-state index contributed by atoms with van der Waals surface area (Å²) in [7, 11) is 2.76. The highest BCUT2D eigenvalue weighted by Crippen LogP contribution is 2.58. The third-order valence-electron chi connectivity index (χ3n) is 16.3. The summed E-state index contributed by atoms with van der Waals surface area (Å²) in [5.74, 6) is -0.613. The van der Waals surface area contributed by atoms with E-state index in [2.05, 4.69) is 28.7 Å². The predicted octanol–water partition coefficient (Wildman–Crippen LogP) is 10.2. The van der Waals surface area contributed by atoms with Gasteiger partial charge in [-0.25, -0.2) is 14.8 Å². The van der Waals surface area contributed by atoms with Crippen LogP contribution in [0.15, 0.2) is 91.3 Å². The molecule has 0 bridgehead atoms. The van der Waals surface area contributed by atoms with Crippen molar-refractivity contribution in [2.24, 2.45) is 17.3 Å². The predicted molar refractivity (Wildman–Crippen MR) is 266 cm³/mol. The first-order valence-electron chi connectivity index (χ1n) is 25.0. The largest absolute Gasteiger partial charge is 0.496 e. The summed E-state index contributed by atoms with van der Waals surface area (Å²) in [6.45, 7) is 8.37. The first-order chi connectivity index (χ1) is 34.5. The summed E-state index contributed by atoms with van der Waals surface area (Å²) in [5.41, 5.74) is 3.80. The van der Waals surface area contributed by atoms with Crippen LogP contribution in [0, 0.1) is 17.3 Å². The molecule has 2 saturated heterocycles. The van der Waals surface area contributed by atoms with Gasteiger partial charge in [-0.15, -0.1) is 0 Å². The molecular formula is C56H60ClF3N6O6. The molecular weight excluding hydrogens is 945 g/mol. The van der Waals surface area contributed by atoms with Crippen LogP contribution in [0.4, 0.5) is 18.9 Å². The lowest BCUT2D eigenvalue weighted by atomic mass is 9.59. The molecule has 378 valence electrons. The van der Waals surface area contributed by atoms with Gasteiger partial charge in [-0.2, -0.15) is 13.2 Å². The van der Waals surface area contributed by atoms with Gasteiger partial charge in [0.25, 0.3) is 5.91 Å². The van der Waals surface area contributed by atoms with Crippen LogP contribution in [0.1, 0.15) is 103 Å². The van der Waals surface area contributed by atoms with Crippen molar-refractivity contribution < 1.29 is 41.8 Å². The number of likely N-dealkylation sites (tertiary alicyclic amines) is 2. The van der Waals surface area contributed by atoms with Gasteiger partial charge in [0.05, 0.1) is 32.1 Å². The van der Waals surface area contributed by atoms with E-state index >= 15 is 0 Å². The second-order valence-corrected chi connectivity index (χ2v) is 21.5. The first-order valence-corrected chi connectivity index (χ1v) is 25.4. The van der Waals surface area contributed by atoms with Crippen molar-refractivity contribution in [3.63, 3.8) is 0 Å². The van der Waals surface area contributed by atoms with Crippen LogP contribution in [-0.2, 0) is 39.1 Å². The van der Waals surface area contributed by atoms with E-state index < -0.39 is 29.0 Å². The number of carbonyl (C=O) groups excluding carboxylic acids is 3. The fourth-order valence-corrected chi connectivity index (χ4v) is 13.2. The van der Waals surface area contributed by atoms with Crippen molar-refractivity contribution >= 4 is 35.1 Å². The number of para-hydroxylation sites is 1. The Hall–Kier alpha value is -6.06. The number of pyridine rings is 1. The molecule has 2 amide bonds. The van der Waals surface area contributed by atoms with Crippen LogP contribution in [0.5, 0.6) is 11.5 Å². The Morgan fingerprint density at radius 1 is 0.903 bits per heavy atom. The fraction of sp³-hybridized carbons (Fsp3) is 0.464. The maximum absolute atomic E-state index is 14.6. The summed E-state index contributed by atoms with van der Waals surface area (Å²) < 4.78 is 61.3. The second-order valence-electron chi connectivity index (χ2n) is 21.1. The van der Waals surface area contributed by atoms with Gasteiger partial charge >= 0.3 is 18.1 Å². The van der Waals surface area contributed by atoms with Gasteiger partial charge in [-0.1, -0.05) is 49.7 Å². The standard InChI is InChI=1S/C56H60ClF3N6O6/c1-35(30-72-47-18-24-61-45-13-7-9-36(2)48(45)47)25-39-26-37-15-16-38(50(67)65-33-53(34-65)31-64(32-53)29-41-17-23-62-49(63-41)43-12-5-6-14-46(43)70-3)27-44(37)54(39)19-21-55(22-20-54,52(69)71-4)66(51(68)56(58,59)60)42-11-8-10-40(57)28-42/h5-6,8,10-12,14-18,23-24,27-28,35-36,39H,7,9,13,19-22,25-26,29-34H2,1-4H3/t35-,36-,39+,54?,55?/m1/s1. The Morgan fingerprint density at radius 2 is 1.67 bits per heavy atom. The minimum Gasteiger partial charge on any atom is -0.496 e. The molecule has 10 rings (SSSR count). The molecule has 3 aromatic carbocycles. The number of halogens is 4. The highest BCUT2D eigenvalue weighted by Gasteiger charge is 2.61. The van der Waals surface area contributed by atoms with E-state index in [4.69, 9.17) is 30.8 Å². The number of esters is 1. The van der Waals surface area contributed by atoms with E-state index in [0.29, 0.717) is 67.0 Å². The molecule has 3 aliphatic carbocycles. The third-order valence-corrected chi connectivity index (χ3v) is 16.5. The van der Waals surface area contributed by atoms with Crippen molar-refractivity contribution in [3.8, 4) is 22.9 Å². The highest BCUT2D eigenvalue weighted by atomic mass is 35.5. The maximum Gasteiger partial charge on any atom is 0.471 e. The number of hydrogen-bond donors (Lipinski definition) is 0. The number of rotatable bonds is 13. The average Bonchev–Trinajstić information content (AvgIpc) is 3.64. The van der Waals surface area contributed by atoms with Gasteiger partial charge in [0.1, 0.15) is 17.0 Å². The number of nitrogens with zero attached hydrogens (tertiary/aromatic N) is 6. The summed E-state index contributed by atoms with van der Waals surface area (Å²) >= 11 is 6.32. The molecule has 2 aliphatic heterocycles. The van der Waals surface area contributed by atoms with Crippen LogP contribution < -0.4 is 14.4 Å². The number of hydrogen-bond acceptors (Lipinski definition) is 10. The summed E-state index contributed by atoms with van der Waals surface area (Å²) in [5, 5.41) is 0.115. The zero-order chi connectivity index (χ0) is 50.6. The van der Waals surface area contributed by atoms with Gasteiger partial charge < -0.3 is 19.1 Å². The van der Waals surface area contributed by atoms with Gasteiger partial charge in [0, 0.05) is 78.1 Å². The van der Waals surface area contributed by atoms with Gasteiger partial charge in [0.15, 0.2) is 5.82 Å². The number of fused-ring (bicyclic) bond motifs is 3. The van der Waals surface area contributed by atoms with Gasteiger partial charge in [0.2, 0.25) is 0 Å². The first kappa shape index (κ1) is 49.5. The molecule has 3 atom stereocenters. The smallest absolute Gasteiger partial charge is 0.471 e. The lowest BCUT2D eigenvalue weighted by molar-refractivity contribution is -0.174. The van der Waals surface area contributed by atoms with Gasteiger partial charge in [-0.05, 0) is 147 Å². The zero-order valence-electron chi connectivity index (χ0n) is 41.1. The van der Waals surface area contributed by atoms with Crippen molar-refractivity contribution in [3.05, 3.63) is 130 Å². The van der Waals surface area contributed by atoms with E-state index in [9.17, 15) is 27.6 Å². The van der Waals surface area contributed by atoms with E-state index in [1.165, 1.54) is 29.8 Å². The molecule has 5 aromatic rings. The Labute approximate surface area is 423 Å². The van der Waals surface area contributed by atoms with Crippen molar-refractivity contribution in [2.75, 3.05) is 51.9 Å². The minimum absolute atomic E-state index is 0.00762. The number of ether oxygens (including phenoxy) is 3. The number of benzene rings is 3. The Bertz CT molecular complexity index is 2880. The number of alkyl halides is 3. The summed E-state index contributed by atoms with van der Waals surface area (Å²) in [4.78, 5) is 60.9. The average molecular weight is 1010 g/mol. The third kappa shape index (κ3) is 9.09. The van der Waals surface area contributed by atoms with Crippen LogP contribution in [0.25, 0.3) is 11.4 Å². The minimum atomic E-state index is -5.30. The fourth-order valence-electron chi connectivity index (χ4n) is 13.0. The molecule has 16 heteroatoms. The van der Waals surface area contributed by atoms with Gasteiger partial charge in [-0.3, -0.25) is 24.4 Å². The molecule has 72 heavy (non-hydrogen) atoms. The monoisotopic (exact) mass is 1000 g/mol. The van der Waals surface area contributed by atoms with E-state index in [-0.39, 0.29) is 59.6 Å². The number of amides is 2. The van der Waals surface area contributed by atoms with Crippen molar-refractivity contribution in [1.29, 1.82) is 0 Å². The van der Waals surface area contributed by atoms with E-state index in [0.717, 1.165) is 73.3 Å². The lowest BCUT2D eigenvalue weighted by Gasteiger charge is -2.60. The van der Waals surface area contributed by atoms with Crippen molar-refractivity contribution in [1.82, 2.24) is 24.8 Å². The van der Waals surface area contributed by atoms with E-state index in [1.54, 1.807) is 13.3 Å². The van der Waals surface area contributed by atoms with Crippen LogP contribution in [-0.4, -0.2) is 101 Å².